The summed E-state index contributed by atoms with van der Waals surface area (Å²) in [5.74, 6) is -1.71. The quantitative estimate of drug-likeness (QED) is 0.646. The van der Waals surface area contributed by atoms with Crippen LogP contribution in [0.25, 0.3) is 0 Å². The number of hydrogen-bond donors (Lipinski definition) is 1. The lowest BCUT2D eigenvalue weighted by atomic mass is 10.1. The zero-order valence-electron chi connectivity index (χ0n) is 11.5. The van der Waals surface area contributed by atoms with Crippen molar-refractivity contribution in [3.8, 4) is 0 Å². The van der Waals surface area contributed by atoms with E-state index in [4.69, 9.17) is 0 Å². The van der Waals surface area contributed by atoms with Crippen LogP contribution < -0.4 is 5.32 Å². The number of rotatable bonds is 5. The Bertz CT molecular complexity index is 719. The Labute approximate surface area is 133 Å². The molecule has 1 N–H and O–H groups in total. The molecule has 9 heteroatoms. The molecule has 0 saturated carbocycles. The normalized spacial score (nSPS) is 12.0. The predicted octanol–water partition coefficient (Wildman–Crippen LogP) is 2.97. The van der Waals surface area contributed by atoms with Crippen molar-refractivity contribution in [2.24, 2.45) is 5.92 Å². The van der Waals surface area contributed by atoms with Crippen molar-refractivity contribution in [2.75, 3.05) is 5.32 Å². The molecular weight excluding hydrogens is 359 g/mol. The average molecular weight is 371 g/mol. The van der Waals surface area contributed by atoms with Gasteiger partial charge in [0.15, 0.2) is 0 Å². The summed E-state index contributed by atoms with van der Waals surface area (Å²) >= 11 is 3.26. The van der Waals surface area contributed by atoms with Gasteiger partial charge in [0.25, 0.3) is 0 Å². The summed E-state index contributed by atoms with van der Waals surface area (Å²) in [7, 11) is 0. The van der Waals surface area contributed by atoms with Crippen LogP contribution in [0.2, 0.25) is 0 Å². The van der Waals surface area contributed by atoms with Crippen LogP contribution in [-0.2, 0) is 11.3 Å². The third-order valence-electron chi connectivity index (χ3n) is 2.92. The molecule has 0 radical (unpaired) electrons. The zero-order valence-corrected chi connectivity index (χ0v) is 13.1. The van der Waals surface area contributed by atoms with Gasteiger partial charge in [-0.05, 0) is 28.1 Å². The Morgan fingerprint density at radius 2 is 2.32 bits per heavy atom. The molecule has 1 heterocycles. The summed E-state index contributed by atoms with van der Waals surface area (Å²) in [5, 5.41) is 17.2. The Morgan fingerprint density at radius 1 is 1.59 bits per heavy atom. The van der Waals surface area contributed by atoms with Crippen molar-refractivity contribution in [1.29, 1.82) is 0 Å². The molecule has 0 aliphatic heterocycles. The highest BCUT2D eigenvalue weighted by Crippen LogP contribution is 2.22. The van der Waals surface area contributed by atoms with Crippen LogP contribution in [0.1, 0.15) is 6.92 Å². The van der Waals surface area contributed by atoms with Gasteiger partial charge in [0, 0.05) is 18.0 Å². The number of nitro groups is 1. The largest absolute Gasteiger partial charge is 0.326 e. The van der Waals surface area contributed by atoms with Crippen LogP contribution in [0, 0.1) is 21.8 Å². The van der Waals surface area contributed by atoms with Crippen molar-refractivity contribution >= 4 is 33.2 Å². The van der Waals surface area contributed by atoms with Gasteiger partial charge in [0.2, 0.25) is 11.7 Å². The van der Waals surface area contributed by atoms with Crippen LogP contribution in [0.3, 0.4) is 0 Å². The molecule has 2 aromatic rings. The molecule has 7 nitrogen and oxygen atoms in total. The van der Waals surface area contributed by atoms with E-state index < -0.39 is 22.3 Å². The highest BCUT2D eigenvalue weighted by Gasteiger charge is 2.18. The van der Waals surface area contributed by atoms with Gasteiger partial charge < -0.3 is 5.32 Å². The second kappa shape index (κ2) is 6.65. The topological polar surface area (TPSA) is 90.1 Å². The molecule has 0 spiro atoms. The molecule has 2 rings (SSSR count). The van der Waals surface area contributed by atoms with Gasteiger partial charge in [-0.3, -0.25) is 19.6 Å². The maximum absolute atomic E-state index is 13.2. The second-order valence-corrected chi connectivity index (χ2v) is 5.61. The molecule has 1 aromatic heterocycles. The molecule has 0 fully saturated rings. The van der Waals surface area contributed by atoms with E-state index in [1.165, 1.54) is 6.07 Å². The Kier molecular flexibility index (Phi) is 4.86. The molecule has 22 heavy (non-hydrogen) atoms. The first-order valence-electron chi connectivity index (χ1n) is 6.29. The summed E-state index contributed by atoms with van der Waals surface area (Å²) < 4.78 is 15.6. The van der Waals surface area contributed by atoms with E-state index in [1.807, 2.05) is 0 Å². The lowest BCUT2D eigenvalue weighted by Crippen LogP contribution is -2.24. The Balaban J connectivity index is 2.05. The maximum atomic E-state index is 13.2. The number of benzene rings is 1. The molecule has 0 unspecified atom stereocenters. The van der Waals surface area contributed by atoms with Crippen molar-refractivity contribution in [2.45, 2.75) is 13.5 Å². The molecule has 0 aliphatic carbocycles. The fourth-order valence-corrected chi connectivity index (χ4v) is 2.13. The number of carbonyl (C=O) groups is 1. The summed E-state index contributed by atoms with van der Waals surface area (Å²) in [6, 6.07) is 3.21. The van der Waals surface area contributed by atoms with Gasteiger partial charge in [-0.1, -0.05) is 6.92 Å². The molecule has 0 bridgehead atoms. The summed E-state index contributed by atoms with van der Waals surface area (Å²) in [5.41, 5.74) is -0.506. The van der Waals surface area contributed by atoms with E-state index in [9.17, 15) is 19.3 Å². The van der Waals surface area contributed by atoms with Gasteiger partial charge in [0.05, 0.1) is 28.1 Å². The summed E-state index contributed by atoms with van der Waals surface area (Å²) in [6.07, 6.45) is 3.33. The lowest BCUT2D eigenvalue weighted by molar-refractivity contribution is -0.387. The molecule has 0 aliphatic rings. The average Bonchev–Trinajstić information content (AvgIpc) is 2.85. The van der Waals surface area contributed by atoms with Crippen LogP contribution in [0.4, 0.5) is 15.8 Å². The van der Waals surface area contributed by atoms with E-state index in [-0.39, 0.29) is 11.6 Å². The number of anilines is 1. The van der Waals surface area contributed by atoms with Gasteiger partial charge >= 0.3 is 5.69 Å². The molecular formula is C13H12BrFN4O3. The van der Waals surface area contributed by atoms with Crippen molar-refractivity contribution < 1.29 is 14.1 Å². The zero-order chi connectivity index (χ0) is 16.3. The number of carbonyl (C=O) groups excluding carboxylic acids is 1. The number of amides is 1. The van der Waals surface area contributed by atoms with E-state index in [0.29, 0.717) is 6.54 Å². The van der Waals surface area contributed by atoms with Crippen LogP contribution in [0.5, 0.6) is 0 Å². The van der Waals surface area contributed by atoms with Crippen LogP contribution in [0.15, 0.2) is 35.1 Å². The fourth-order valence-electron chi connectivity index (χ4n) is 1.80. The minimum absolute atomic E-state index is 0.173. The Hall–Kier alpha value is -2.29. The van der Waals surface area contributed by atoms with E-state index >= 15 is 0 Å². The van der Waals surface area contributed by atoms with Gasteiger partial charge in [-0.25, -0.2) is 0 Å². The first kappa shape index (κ1) is 16.1. The first-order valence-corrected chi connectivity index (χ1v) is 7.09. The number of nitrogens with zero attached hydrogens (tertiary/aromatic N) is 3. The van der Waals surface area contributed by atoms with Gasteiger partial charge in [-0.2, -0.15) is 9.49 Å². The minimum Gasteiger partial charge on any atom is -0.326 e. The number of halogens is 2. The van der Waals surface area contributed by atoms with Gasteiger partial charge in [-0.15, -0.1) is 0 Å². The SMILES string of the molecule is C[C@@H](Cn1cc(Br)cn1)C(=O)Nc1ccc(F)c([N+](=O)[O-])c1. The Morgan fingerprint density at radius 3 is 2.91 bits per heavy atom. The van der Waals surface area contributed by atoms with E-state index in [2.05, 4.69) is 26.3 Å². The first-order chi connectivity index (χ1) is 10.4. The van der Waals surface area contributed by atoms with E-state index in [0.717, 1.165) is 16.6 Å². The number of nitro benzene ring substituents is 1. The predicted molar refractivity (Wildman–Crippen MR) is 80.8 cm³/mol. The summed E-state index contributed by atoms with van der Waals surface area (Å²) in [4.78, 5) is 21.9. The lowest BCUT2D eigenvalue weighted by Gasteiger charge is -2.12. The minimum atomic E-state index is -0.947. The molecule has 1 aromatic carbocycles. The highest BCUT2D eigenvalue weighted by molar-refractivity contribution is 9.10. The summed E-state index contributed by atoms with van der Waals surface area (Å²) in [6.45, 7) is 2.05. The van der Waals surface area contributed by atoms with Crippen molar-refractivity contribution in [1.82, 2.24) is 9.78 Å². The molecule has 0 saturated heterocycles. The monoisotopic (exact) mass is 370 g/mol. The molecule has 1 amide bonds. The smallest absolute Gasteiger partial charge is 0.306 e. The second-order valence-electron chi connectivity index (χ2n) is 4.69. The van der Waals surface area contributed by atoms with Crippen LogP contribution >= 0.6 is 15.9 Å². The van der Waals surface area contributed by atoms with Crippen molar-refractivity contribution in [3.05, 3.63) is 51.0 Å². The third kappa shape index (κ3) is 3.88. The van der Waals surface area contributed by atoms with Crippen molar-refractivity contribution in [3.63, 3.8) is 0 Å². The van der Waals surface area contributed by atoms with Crippen LogP contribution in [-0.4, -0.2) is 20.6 Å². The molecule has 1 atom stereocenters. The number of hydrogen-bond acceptors (Lipinski definition) is 4. The number of nitrogens with one attached hydrogen (secondary N) is 1. The fraction of sp³-hybridized carbons (Fsp3) is 0.231. The third-order valence-corrected chi connectivity index (χ3v) is 3.33. The standard InChI is InChI=1S/C13H12BrFN4O3/c1-8(6-18-7-9(14)5-16-18)13(20)17-10-2-3-11(15)12(4-10)19(21)22/h2-5,7-8H,6H2,1H3,(H,17,20)/t8-/m0/s1. The van der Waals surface area contributed by atoms with E-state index in [1.54, 1.807) is 24.0 Å². The van der Waals surface area contributed by atoms with Gasteiger partial charge in [0.1, 0.15) is 0 Å². The maximum Gasteiger partial charge on any atom is 0.306 e. The highest BCUT2D eigenvalue weighted by atomic mass is 79.9. The number of aromatic nitrogens is 2. The molecule has 116 valence electrons.